The molecule has 2 N–H and O–H groups in total. The molecular weight excluding hydrogens is 198 g/mol. The molecular formula is C13H21N3. The van der Waals surface area contributed by atoms with Crippen LogP contribution < -0.4 is 5.73 Å². The fourth-order valence-corrected chi connectivity index (χ4v) is 2.60. The first-order valence-electron chi connectivity index (χ1n) is 6.18. The van der Waals surface area contributed by atoms with Crippen LogP contribution in [0.25, 0.3) is 0 Å². The first-order chi connectivity index (χ1) is 7.79. The van der Waals surface area contributed by atoms with Crippen LogP contribution in [-0.4, -0.2) is 29.0 Å². The standard InChI is InChI=1S/C13H21N3/c1-11(14)13(12-5-7-15-8-6-12)16-9-3-2-4-10-16/h5-8,11,13H,2-4,9-10,14H2,1H3. The van der Waals surface area contributed by atoms with Crippen LogP contribution in [0.5, 0.6) is 0 Å². The van der Waals surface area contributed by atoms with Crippen LogP contribution in [0.3, 0.4) is 0 Å². The summed E-state index contributed by atoms with van der Waals surface area (Å²) in [6.07, 6.45) is 7.67. The number of nitrogens with two attached hydrogens (primary N) is 1. The second-order valence-corrected chi connectivity index (χ2v) is 4.68. The minimum atomic E-state index is 0.167. The maximum atomic E-state index is 6.14. The molecule has 1 fully saturated rings. The zero-order valence-electron chi connectivity index (χ0n) is 9.97. The van der Waals surface area contributed by atoms with Crippen molar-refractivity contribution >= 4 is 0 Å². The number of hydrogen-bond donors (Lipinski definition) is 1. The Labute approximate surface area is 97.7 Å². The van der Waals surface area contributed by atoms with Gasteiger partial charge in [0.25, 0.3) is 0 Å². The van der Waals surface area contributed by atoms with Crippen LogP contribution in [0, 0.1) is 0 Å². The Kier molecular flexibility index (Phi) is 3.91. The Morgan fingerprint density at radius 3 is 2.38 bits per heavy atom. The van der Waals surface area contributed by atoms with Crippen LogP contribution in [0.15, 0.2) is 24.5 Å². The van der Waals surface area contributed by atoms with Gasteiger partial charge in [0.2, 0.25) is 0 Å². The number of piperidine rings is 1. The summed E-state index contributed by atoms with van der Waals surface area (Å²) in [6, 6.07) is 4.69. The molecule has 88 valence electrons. The minimum absolute atomic E-state index is 0.167. The van der Waals surface area contributed by atoms with E-state index in [1.807, 2.05) is 12.4 Å². The van der Waals surface area contributed by atoms with Gasteiger partial charge < -0.3 is 5.73 Å². The van der Waals surface area contributed by atoms with Gasteiger partial charge >= 0.3 is 0 Å². The summed E-state index contributed by atoms with van der Waals surface area (Å²) in [5.74, 6) is 0. The van der Waals surface area contributed by atoms with E-state index >= 15 is 0 Å². The van der Waals surface area contributed by atoms with Crippen molar-refractivity contribution in [3.63, 3.8) is 0 Å². The highest BCUT2D eigenvalue weighted by molar-refractivity contribution is 5.17. The molecule has 1 aromatic rings. The minimum Gasteiger partial charge on any atom is -0.326 e. The third-order valence-electron chi connectivity index (χ3n) is 3.33. The van der Waals surface area contributed by atoms with Gasteiger partial charge in [-0.05, 0) is 50.6 Å². The lowest BCUT2D eigenvalue weighted by atomic mass is 9.97. The third-order valence-corrected chi connectivity index (χ3v) is 3.33. The van der Waals surface area contributed by atoms with E-state index in [2.05, 4.69) is 28.9 Å². The molecule has 0 saturated carbocycles. The molecule has 1 saturated heterocycles. The summed E-state index contributed by atoms with van der Waals surface area (Å²) >= 11 is 0. The van der Waals surface area contributed by atoms with Crippen LogP contribution in [-0.2, 0) is 0 Å². The zero-order valence-corrected chi connectivity index (χ0v) is 9.97. The Balaban J connectivity index is 2.16. The first-order valence-corrected chi connectivity index (χ1v) is 6.18. The van der Waals surface area contributed by atoms with Crippen molar-refractivity contribution in [3.8, 4) is 0 Å². The van der Waals surface area contributed by atoms with Gasteiger partial charge in [0, 0.05) is 24.5 Å². The van der Waals surface area contributed by atoms with Crippen molar-refractivity contribution in [1.29, 1.82) is 0 Å². The Morgan fingerprint density at radius 1 is 1.19 bits per heavy atom. The Hall–Kier alpha value is -0.930. The average Bonchev–Trinajstić information content (AvgIpc) is 2.31. The topological polar surface area (TPSA) is 42.1 Å². The highest BCUT2D eigenvalue weighted by Crippen LogP contribution is 2.26. The maximum Gasteiger partial charge on any atom is 0.0497 e. The molecule has 2 unspecified atom stereocenters. The Bertz CT molecular complexity index is 304. The van der Waals surface area contributed by atoms with E-state index in [4.69, 9.17) is 5.73 Å². The molecule has 0 spiro atoms. The van der Waals surface area contributed by atoms with E-state index in [0.29, 0.717) is 6.04 Å². The van der Waals surface area contributed by atoms with Crippen molar-refractivity contribution in [3.05, 3.63) is 30.1 Å². The normalized spacial score (nSPS) is 21.6. The number of likely N-dealkylation sites (tertiary alicyclic amines) is 1. The van der Waals surface area contributed by atoms with Crippen LogP contribution in [0.4, 0.5) is 0 Å². The average molecular weight is 219 g/mol. The van der Waals surface area contributed by atoms with E-state index < -0.39 is 0 Å². The molecule has 0 amide bonds. The molecule has 2 atom stereocenters. The molecule has 3 heteroatoms. The molecule has 16 heavy (non-hydrogen) atoms. The SMILES string of the molecule is CC(N)C(c1ccncc1)N1CCCCC1. The smallest absolute Gasteiger partial charge is 0.0497 e. The quantitative estimate of drug-likeness (QED) is 0.845. The summed E-state index contributed by atoms with van der Waals surface area (Å²) in [5, 5.41) is 0. The van der Waals surface area contributed by atoms with E-state index in [1.54, 1.807) is 0 Å². The monoisotopic (exact) mass is 219 g/mol. The summed E-state index contributed by atoms with van der Waals surface area (Å²) in [4.78, 5) is 6.59. The lowest BCUT2D eigenvalue weighted by Crippen LogP contribution is -2.42. The maximum absolute atomic E-state index is 6.14. The summed E-state index contributed by atoms with van der Waals surface area (Å²) < 4.78 is 0. The molecule has 1 aliphatic heterocycles. The molecule has 0 radical (unpaired) electrons. The molecule has 1 aliphatic rings. The van der Waals surface area contributed by atoms with Gasteiger partial charge in [-0.1, -0.05) is 6.42 Å². The van der Waals surface area contributed by atoms with Crippen LogP contribution in [0.1, 0.15) is 37.8 Å². The van der Waals surface area contributed by atoms with Gasteiger partial charge in [-0.2, -0.15) is 0 Å². The van der Waals surface area contributed by atoms with Crippen molar-refractivity contribution in [1.82, 2.24) is 9.88 Å². The largest absolute Gasteiger partial charge is 0.326 e. The van der Waals surface area contributed by atoms with E-state index in [1.165, 1.54) is 37.9 Å². The number of pyridine rings is 1. The number of hydrogen-bond acceptors (Lipinski definition) is 3. The fraction of sp³-hybridized carbons (Fsp3) is 0.615. The van der Waals surface area contributed by atoms with E-state index in [-0.39, 0.29) is 6.04 Å². The van der Waals surface area contributed by atoms with Crippen molar-refractivity contribution in [2.45, 2.75) is 38.3 Å². The van der Waals surface area contributed by atoms with E-state index in [9.17, 15) is 0 Å². The molecule has 2 rings (SSSR count). The van der Waals surface area contributed by atoms with Crippen LogP contribution in [0.2, 0.25) is 0 Å². The highest BCUT2D eigenvalue weighted by atomic mass is 15.2. The molecule has 3 nitrogen and oxygen atoms in total. The van der Waals surface area contributed by atoms with E-state index in [0.717, 1.165) is 0 Å². The predicted molar refractivity (Wildman–Crippen MR) is 66.1 cm³/mol. The lowest BCUT2D eigenvalue weighted by Gasteiger charge is -2.37. The van der Waals surface area contributed by atoms with Gasteiger partial charge in [-0.15, -0.1) is 0 Å². The zero-order chi connectivity index (χ0) is 11.4. The van der Waals surface area contributed by atoms with Crippen molar-refractivity contribution < 1.29 is 0 Å². The summed E-state index contributed by atoms with van der Waals surface area (Å²) in [6.45, 7) is 4.45. The molecule has 0 bridgehead atoms. The van der Waals surface area contributed by atoms with Gasteiger partial charge in [0.05, 0.1) is 0 Å². The first kappa shape index (κ1) is 11.6. The molecule has 0 aromatic carbocycles. The van der Waals surface area contributed by atoms with Gasteiger partial charge in [-0.25, -0.2) is 0 Å². The highest BCUT2D eigenvalue weighted by Gasteiger charge is 2.24. The lowest BCUT2D eigenvalue weighted by molar-refractivity contribution is 0.146. The second-order valence-electron chi connectivity index (χ2n) is 4.68. The fourth-order valence-electron chi connectivity index (χ4n) is 2.60. The molecule has 0 aliphatic carbocycles. The number of rotatable bonds is 3. The van der Waals surface area contributed by atoms with Gasteiger partial charge in [-0.3, -0.25) is 9.88 Å². The summed E-state index contributed by atoms with van der Waals surface area (Å²) in [5.41, 5.74) is 7.44. The van der Waals surface area contributed by atoms with Gasteiger partial charge in [0.15, 0.2) is 0 Å². The van der Waals surface area contributed by atoms with Crippen LogP contribution >= 0.6 is 0 Å². The van der Waals surface area contributed by atoms with Crippen molar-refractivity contribution in [2.24, 2.45) is 5.73 Å². The predicted octanol–water partition coefficient (Wildman–Crippen LogP) is 1.96. The molecule has 2 heterocycles. The number of nitrogens with zero attached hydrogens (tertiary/aromatic N) is 2. The molecule has 1 aromatic heterocycles. The van der Waals surface area contributed by atoms with Crippen molar-refractivity contribution in [2.75, 3.05) is 13.1 Å². The second kappa shape index (κ2) is 5.41. The number of aromatic nitrogens is 1. The Morgan fingerprint density at radius 2 is 1.81 bits per heavy atom. The van der Waals surface area contributed by atoms with Gasteiger partial charge in [0.1, 0.15) is 0 Å². The third kappa shape index (κ3) is 2.60. The summed E-state index contributed by atoms with van der Waals surface area (Å²) in [7, 11) is 0.